The minimum absolute atomic E-state index is 0.0486. The van der Waals surface area contributed by atoms with Crippen LogP contribution in [0, 0.1) is 0 Å². The molecular weight excluding hydrogens is 611 g/mol. The summed E-state index contributed by atoms with van der Waals surface area (Å²) in [4.78, 5) is 2.50. The smallest absolute Gasteiger partial charge is 0.369 e. The summed E-state index contributed by atoms with van der Waals surface area (Å²) < 4.78 is 32.7. The van der Waals surface area contributed by atoms with E-state index in [1.165, 1.54) is 107 Å². The minimum atomic E-state index is -4.25. The van der Waals surface area contributed by atoms with E-state index >= 15 is 0 Å². The molecule has 0 N–H and O–H groups in total. The predicted octanol–water partition coefficient (Wildman–Crippen LogP) is 13.3. The number of nitrogens with zero attached hydrogens (tertiary/aromatic N) is 1. The maximum Gasteiger partial charge on any atom is 0.416 e. The van der Waals surface area contributed by atoms with Crippen molar-refractivity contribution in [3.63, 3.8) is 0 Å². The van der Waals surface area contributed by atoms with Crippen molar-refractivity contribution in [1.29, 1.82) is 0 Å². The number of unbranched alkanes of at least 4 members (excludes halogenated alkanes) is 2. The summed E-state index contributed by atoms with van der Waals surface area (Å²) in [6.07, 6.45) is 20.6. The number of halogens is 4. The molecule has 1 nitrogen and oxygen atoms in total. The van der Waals surface area contributed by atoms with Gasteiger partial charge in [0.15, 0.2) is 0 Å². The highest BCUT2D eigenvalue weighted by Gasteiger charge is 2.48. The van der Waals surface area contributed by atoms with Gasteiger partial charge in [-0.25, -0.2) is 0 Å². The van der Waals surface area contributed by atoms with Gasteiger partial charge in [-0.15, -0.1) is 5.73 Å². The van der Waals surface area contributed by atoms with Gasteiger partial charge in [-0.3, -0.25) is 0 Å². The van der Waals surface area contributed by atoms with Gasteiger partial charge in [0.2, 0.25) is 0 Å². The number of alkyl halides is 3. The lowest BCUT2D eigenvalue weighted by Crippen LogP contribution is -2.50. The predicted molar refractivity (Wildman–Crippen MR) is 195 cm³/mol. The highest BCUT2D eigenvalue weighted by molar-refractivity contribution is 6.30. The summed E-state index contributed by atoms with van der Waals surface area (Å²) in [5.74, 6) is 0. The van der Waals surface area contributed by atoms with Crippen molar-refractivity contribution in [2.24, 2.45) is 0 Å². The van der Waals surface area contributed by atoms with Gasteiger partial charge in [-0.05, 0) is 119 Å². The van der Waals surface area contributed by atoms with Crippen molar-refractivity contribution in [3.05, 3.63) is 111 Å². The van der Waals surface area contributed by atoms with E-state index in [0.717, 1.165) is 5.02 Å². The van der Waals surface area contributed by atoms with Gasteiger partial charge in [-0.2, -0.15) is 13.2 Å². The third-order valence-corrected chi connectivity index (χ3v) is 11.0. The zero-order valence-corrected chi connectivity index (χ0v) is 29.7. The average molecular weight is 664 g/mol. The van der Waals surface area contributed by atoms with Crippen molar-refractivity contribution in [3.8, 4) is 0 Å². The highest BCUT2D eigenvalue weighted by atomic mass is 35.5. The molecule has 3 aliphatic rings. The fourth-order valence-corrected chi connectivity index (χ4v) is 7.91. The number of aryl methyl sites for hydroxylation is 1. The summed E-state index contributed by atoms with van der Waals surface area (Å²) in [7, 11) is 2.27. The monoisotopic (exact) mass is 663 g/mol. The molecule has 0 aromatic heterocycles. The molecular formula is C42H53ClF3N. The topological polar surface area (TPSA) is 3.24 Å². The number of allylic oxidation sites excluding steroid dienone is 6. The van der Waals surface area contributed by atoms with Crippen LogP contribution in [-0.4, -0.2) is 18.8 Å². The van der Waals surface area contributed by atoms with Gasteiger partial charge in [0.05, 0.1) is 6.08 Å². The lowest BCUT2D eigenvalue weighted by molar-refractivity contribution is -0.0796. The van der Waals surface area contributed by atoms with Crippen molar-refractivity contribution in [1.82, 2.24) is 0 Å². The summed E-state index contributed by atoms with van der Waals surface area (Å²) in [6.45, 7) is 9.79. The van der Waals surface area contributed by atoms with Crippen LogP contribution in [0.5, 0.6) is 0 Å². The van der Waals surface area contributed by atoms with E-state index in [1.807, 2.05) is 6.07 Å². The first-order chi connectivity index (χ1) is 22.4. The van der Waals surface area contributed by atoms with Crippen LogP contribution in [0.4, 0.5) is 18.9 Å². The van der Waals surface area contributed by atoms with Gasteiger partial charge >= 0.3 is 6.18 Å². The lowest BCUT2D eigenvalue weighted by Gasteiger charge is -2.50. The Hall–Kier alpha value is -2.94. The fourth-order valence-electron chi connectivity index (χ4n) is 7.72. The van der Waals surface area contributed by atoms with Gasteiger partial charge in [-0.1, -0.05) is 104 Å². The normalized spacial score (nSPS) is 21.9. The van der Waals surface area contributed by atoms with Gasteiger partial charge in [0.1, 0.15) is 0 Å². The zero-order valence-electron chi connectivity index (χ0n) is 28.9. The van der Waals surface area contributed by atoms with Crippen molar-refractivity contribution >= 4 is 23.4 Å². The molecule has 0 unspecified atom stereocenters. The number of anilines is 1. The number of hydrogen-bond acceptors (Lipinski definition) is 1. The van der Waals surface area contributed by atoms with Crippen LogP contribution in [0.25, 0.3) is 6.08 Å². The summed E-state index contributed by atoms with van der Waals surface area (Å²) >= 11 is 6.37. The number of rotatable bonds is 11. The second-order valence-electron chi connectivity index (χ2n) is 13.9. The molecule has 0 radical (unpaired) electrons. The van der Waals surface area contributed by atoms with E-state index in [1.54, 1.807) is 28.0 Å². The molecule has 0 aliphatic heterocycles. The Balaban J connectivity index is 0.000000644. The molecule has 0 amide bonds. The first-order valence-corrected chi connectivity index (χ1v) is 18.0. The van der Waals surface area contributed by atoms with E-state index in [2.05, 4.69) is 93.9 Å². The largest absolute Gasteiger partial charge is 0.416 e. The molecule has 2 aromatic rings. The minimum Gasteiger partial charge on any atom is -0.369 e. The molecule has 1 spiro atoms. The van der Waals surface area contributed by atoms with Crippen LogP contribution in [0.3, 0.4) is 0 Å². The lowest BCUT2D eigenvalue weighted by atomic mass is 9.61. The van der Waals surface area contributed by atoms with Gasteiger partial charge in [0, 0.05) is 28.7 Å². The Morgan fingerprint density at radius 3 is 2.21 bits per heavy atom. The number of hydrogen-bond donors (Lipinski definition) is 0. The quantitative estimate of drug-likeness (QED) is 0.171. The Labute approximate surface area is 287 Å². The first kappa shape index (κ1) is 36.9. The molecule has 0 bridgehead atoms. The van der Waals surface area contributed by atoms with Crippen LogP contribution in [0.15, 0.2) is 89.7 Å². The van der Waals surface area contributed by atoms with E-state index in [-0.39, 0.29) is 17.0 Å². The van der Waals surface area contributed by atoms with Crippen LogP contribution >= 0.6 is 11.6 Å². The number of benzene rings is 2. The third-order valence-electron chi connectivity index (χ3n) is 10.8. The van der Waals surface area contributed by atoms with Gasteiger partial charge in [0.25, 0.3) is 0 Å². The van der Waals surface area contributed by atoms with Crippen LogP contribution < -0.4 is 4.90 Å². The third kappa shape index (κ3) is 9.58. The maximum atomic E-state index is 10.9. The number of fused-ring (bicyclic) bond motifs is 2. The standard InChI is InChI=1S/C38H50ClN.C4H3F3/c1-5-11-31-20-21-32-27-33(13-9-7-8-12-30-18-16-29(6-2)17-19-30)38(36(32)26-31)24-22-37(3,23-25-38)40(4)35-15-10-14-34(39)28-35;1-2-3-4(5,6)7/h10,14-16,18,20-21,26-28H,5-9,11-13,17,19,22-25H2,1-4H3;3H,1H2. The van der Waals surface area contributed by atoms with Crippen molar-refractivity contribution < 1.29 is 13.2 Å². The average Bonchev–Trinajstić information content (AvgIpc) is 3.34. The van der Waals surface area contributed by atoms with Crippen molar-refractivity contribution in [2.45, 2.75) is 128 Å². The van der Waals surface area contributed by atoms with Crippen molar-refractivity contribution in [2.75, 3.05) is 11.9 Å². The molecule has 0 heterocycles. The molecule has 5 rings (SSSR count). The Kier molecular flexibility index (Phi) is 12.9. The summed E-state index contributed by atoms with van der Waals surface area (Å²) in [6, 6.07) is 15.8. The molecule has 1 fully saturated rings. The zero-order chi connectivity index (χ0) is 34.1. The molecule has 2 aromatic carbocycles. The summed E-state index contributed by atoms with van der Waals surface area (Å²) in [5.41, 5.74) is 12.8. The van der Waals surface area contributed by atoms with Crippen LogP contribution in [0.2, 0.25) is 5.02 Å². The molecule has 254 valence electrons. The maximum absolute atomic E-state index is 10.9. The van der Waals surface area contributed by atoms with Gasteiger partial charge < -0.3 is 4.90 Å². The first-order valence-electron chi connectivity index (χ1n) is 17.6. The van der Waals surface area contributed by atoms with E-state index < -0.39 is 6.18 Å². The molecule has 0 atom stereocenters. The van der Waals surface area contributed by atoms with E-state index in [4.69, 9.17) is 11.6 Å². The SMILES string of the molecule is C=C=CC(F)(F)F.CCCc1ccc2c(c1)C1(CCC(C)(N(C)c3cccc(Cl)c3)CC1)C(CCCCCC1=CC=C(CC)CC1)=C2. The highest BCUT2D eigenvalue weighted by Crippen LogP contribution is 2.55. The molecule has 5 heteroatoms. The summed E-state index contributed by atoms with van der Waals surface area (Å²) in [5, 5.41) is 0.820. The Morgan fingerprint density at radius 2 is 1.62 bits per heavy atom. The van der Waals surface area contributed by atoms with Crippen LogP contribution in [0.1, 0.15) is 121 Å². The molecule has 3 aliphatic carbocycles. The van der Waals surface area contributed by atoms with E-state index in [0.29, 0.717) is 0 Å². The second-order valence-corrected chi connectivity index (χ2v) is 14.3. The van der Waals surface area contributed by atoms with Crippen LogP contribution in [-0.2, 0) is 11.8 Å². The molecule has 47 heavy (non-hydrogen) atoms. The fraction of sp³-hybridized carbons (Fsp3) is 0.500. The second kappa shape index (κ2) is 16.4. The Morgan fingerprint density at radius 1 is 0.915 bits per heavy atom. The van der Waals surface area contributed by atoms with E-state index in [9.17, 15) is 13.2 Å². The Bertz CT molecular complexity index is 1500. The molecule has 1 saturated carbocycles. The molecule has 0 saturated heterocycles.